The molecule has 1 aromatic heterocycles. The van der Waals surface area contributed by atoms with Crippen LogP contribution in [0.2, 0.25) is 0 Å². The standard InChI is InChI=1S/C11H21N5O/c1-8(2)9(6-12)11(17)13-5-4-10-14-7-16(3)15-10/h7-9H,4-6,12H2,1-3H3,(H,13,17). The molecule has 1 amide bonds. The molecule has 1 atom stereocenters. The van der Waals surface area contributed by atoms with Gasteiger partial charge in [0, 0.05) is 26.6 Å². The number of nitrogens with two attached hydrogens (primary N) is 1. The fourth-order valence-corrected chi connectivity index (χ4v) is 1.61. The Morgan fingerprint density at radius 3 is 2.76 bits per heavy atom. The maximum atomic E-state index is 11.8. The van der Waals surface area contributed by atoms with Gasteiger partial charge >= 0.3 is 0 Å². The van der Waals surface area contributed by atoms with Crippen LogP contribution in [0.5, 0.6) is 0 Å². The maximum absolute atomic E-state index is 11.8. The third-order valence-corrected chi connectivity index (χ3v) is 2.69. The molecule has 3 N–H and O–H groups in total. The van der Waals surface area contributed by atoms with E-state index in [1.165, 1.54) is 0 Å². The van der Waals surface area contributed by atoms with Crippen LogP contribution in [0.15, 0.2) is 6.33 Å². The topological polar surface area (TPSA) is 85.8 Å². The Morgan fingerprint density at radius 1 is 1.59 bits per heavy atom. The minimum absolute atomic E-state index is 0.0124. The molecule has 17 heavy (non-hydrogen) atoms. The predicted molar refractivity (Wildman–Crippen MR) is 65.1 cm³/mol. The SMILES string of the molecule is CC(C)C(CN)C(=O)NCCc1ncn(C)n1. The largest absolute Gasteiger partial charge is 0.355 e. The summed E-state index contributed by atoms with van der Waals surface area (Å²) in [6, 6.07) is 0. The monoisotopic (exact) mass is 239 g/mol. The summed E-state index contributed by atoms with van der Waals surface area (Å²) < 4.78 is 1.65. The first kappa shape index (κ1) is 13.6. The van der Waals surface area contributed by atoms with Crippen molar-refractivity contribution in [3.05, 3.63) is 12.2 Å². The molecule has 6 heteroatoms. The van der Waals surface area contributed by atoms with E-state index >= 15 is 0 Å². The van der Waals surface area contributed by atoms with Crippen LogP contribution in [0.3, 0.4) is 0 Å². The Morgan fingerprint density at radius 2 is 2.29 bits per heavy atom. The molecule has 96 valence electrons. The van der Waals surface area contributed by atoms with Gasteiger partial charge in [-0.25, -0.2) is 4.98 Å². The van der Waals surface area contributed by atoms with Crippen molar-refractivity contribution >= 4 is 5.91 Å². The minimum atomic E-state index is -0.119. The van der Waals surface area contributed by atoms with Gasteiger partial charge in [0.05, 0.1) is 5.92 Å². The van der Waals surface area contributed by atoms with Gasteiger partial charge in [0.2, 0.25) is 5.91 Å². The second-order valence-corrected chi connectivity index (χ2v) is 4.46. The molecule has 1 aromatic rings. The average Bonchev–Trinajstić information content (AvgIpc) is 2.64. The van der Waals surface area contributed by atoms with Crippen LogP contribution in [-0.2, 0) is 18.3 Å². The van der Waals surface area contributed by atoms with Crippen LogP contribution in [0.1, 0.15) is 19.7 Å². The van der Waals surface area contributed by atoms with Gasteiger partial charge in [-0.15, -0.1) is 0 Å². The first-order valence-electron chi connectivity index (χ1n) is 5.87. The highest BCUT2D eigenvalue weighted by Gasteiger charge is 2.19. The molecule has 0 bridgehead atoms. The summed E-state index contributed by atoms with van der Waals surface area (Å²) in [7, 11) is 1.82. The van der Waals surface area contributed by atoms with E-state index < -0.39 is 0 Å². The molecule has 0 radical (unpaired) electrons. The van der Waals surface area contributed by atoms with Crippen molar-refractivity contribution in [1.82, 2.24) is 20.1 Å². The van der Waals surface area contributed by atoms with E-state index in [0.29, 0.717) is 19.5 Å². The second-order valence-electron chi connectivity index (χ2n) is 4.46. The van der Waals surface area contributed by atoms with Crippen molar-refractivity contribution in [1.29, 1.82) is 0 Å². The van der Waals surface area contributed by atoms with Gasteiger partial charge < -0.3 is 11.1 Å². The number of nitrogens with one attached hydrogen (secondary N) is 1. The van der Waals surface area contributed by atoms with Crippen LogP contribution in [0, 0.1) is 11.8 Å². The van der Waals surface area contributed by atoms with E-state index in [9.17, 15) is 4.79 Å². The zero-order valence-corrected chi connectivity index (χ0v) is 10.7. The summed E-state index contributed by atoms with van der Waals surface area (Å²) in [6.45, 7) is 4.92. The van der Waals surface area contributed by atoms with Gasteiger partial charge in [0.15, 0.2) is 5.82 Å². The van der Waals surface area contributed by atoms with Crippen molar-refractivity contribution in [3.8, 4) is 0 Å². The predicted octanol–water partition coefficient (Wildman–Crippen LogP) is -0.295. The highest BCUT2D eigenvalue weighted by molar-refractivity contribution is 5.79. The summed E-state index contributed by atoms with van der Waals surface area (Å²) in [5.74, 6) is 0.889. The maximum Gasteiger partial charge on any atom is 0.224 e. The molecule has 1 heterocycles. The summed E-state index contributed by atoms with van der Waals surface area (Å²) in [5, 5.41) is 7.00. The van der Waals surface area contributed by atoms with Crippen LogP contribution in [-0.4, -0.2) is 33.8 Å². The number of carbonyl (C=O) groups excluding carboxylic acids is 1. The van der Waals surface area contributed by atoms with Crippen molar-refractivity contribution in [2.75, 3.05) is 13.1 Å². The Hall–Kier alpha value is -1.43. The lowest BCUT2D eigenvalue weighted by Gasteiger charge is -2.17. The molecular weight excluding hydrogens is 218 g/mol. The van der Waals surface area contributed by atoms with Gasteiger partial charge in [-0.3, -0.25) is 9.48 Å². The fraction of sp³-hybridized carbons (Fsp3) is 0.727. The van der Waals surface area contributed by atoms with Gasteiger partial charge in [0.1, 0.15) is 6.33 Å². The Kier molecular flexibility index (Phi) is 5.09. The molecule has 0 saturated heterocycles. The van der Waals surface area contributed by atoms with E-state index in [1.54, 1.807) is 11.0 Å². The lowest BCUT2D eigenvalue weighted by molar-refractivity contribution is -0.125. The molecule has 1 rings (SSSR count). The number of amides is 1. The number of hydrogen-bond acceptors (Lipinski definition) is 4. The molecule has 0 saturated carbocycles. The molecule has 0 aromatic carbocycles. The molecule has 6 nitrogen and oxygen atoms in total. The van der Waals surface area contributed by atoms with Gasteiger partial charge in [0.25, 0.3) is 0 Å². The molecule has 0 aliphatic heterocycles. The van der Waals surface area contributed by atoms with Crippen LogP contribution in [0.4, 0.5) is 0 Å². The first-order valence-corrected chi connectivity index (χ1v) is 5.87. The van der Waals surface area contributed by atoms with E-state index in [0.717, 1.165) is 5.82 Å². The highest BCUT2D eigenvalue weighted by Crippen LogP contribution is 2.08. The Bertz CT molecular complexity index is 360. The molecule has 1 unspecified atom stereocenters. The van der Waals surface area contributed by atoms with Crippen LogP contribution >= 0.6 is 0 Å². The van der Waals surface area contributed by atoms with Crippen molar-refractivity contribution in [2.45, 2.75) is 20.3 Å². The molecule has 0 spiro atoms. The normalized spacial score (nSPS) is 12.8. The van der Waals surface area contributed by atoms with Gasteiger partial charge in [-0.1, -0.05) is 13.8 Å². The second kappa shape index (κ2) is 6.34. The van der Waals surface area contributed by atoms with Crippen LogP contribution < -0.4 is 11.1 Å². The Labute approximate surface area is 102 Å². The lowest BCUT2D eigenvalue weighted by atomic mass is 9.95. The highest BCUT2D eigenvalue weighted by atomic mass is 16.1. The smallest absolute Gasteiger partial charge is 0.224 e. The zero-order chi connectivity index (χ0) is 12.8. The van der Waals surface area contributed by atoms with E-state index in [-0.39, 0.29) is 17.7 Å². The lowest BCUT2D eigenvalue weighted by Crippen LogP contribution is -2.38. The number of rotatable bonds is 6. The van der Waals surface area contributed by atoms with E-state index in [2.05, 4.69) is 15.4 Å². The van der Waals surface area contributed by atoms with Gasteiger partial charge in [-0.2, -0.15) is 5.10 Å². The minimum Gasteiger partial charge on any atom is -0.355 e. The molecule has 0 fully saturated rings. The molecule has 0 aliphatic rings. The first-order chi connectivity index (χ1) is 8.04. The summed E-state index contributed by atoms with van der Waals surface area (Å²) in [4.78, 5) is 15.9. The van der Waals surface area contributed by atoms with E-state index in [1.807, 2.05) is 20.9 Å². The van der Waals surface area contributed by atoms with Gasteiger partial charge in [-0.05, 0) is 5.92 Å². The number of aryl methyl sites for hydroxylation is 1. The summed E-state index contributed by atoms with van der Waals surface area (Å²) in [6.07, 6.45) is 2.29. The Balaban J connectivity index is 2.33. The average molecular weight is 239 g/mol. The molecular formula is C11H21N5O. The van der Waals surface area contributed by atoms with Crippen molar-refractivity contribution < 1.29 is 4.79 Å². The fourth-order valence-electron chi connectivity index (χ4n) is 1.61. The quantitative estimate of drug-likeness (QED) is 0.714. The molecule has 0 aliphatic carbocycles. The summed E-state index contributed by atoms with van der Waals surface area (Å²) >= 11 is 0. The van der Waals surface area contributed by atoms with Crippen LogP contribution in [0.25, 0.3) is 0 Å². The summed E-state index contributed by atoms with van der Waals surface area (Å²) in [5.41, 5.74) is 5.57. The van der Waals surface area contributed by atoms with Crippen molar-refractivity contribution in [2.24, 2.45) is 24.6 Å². The number of hydrogen-bond donors (Lipinski definition) is 2. The number of aromatic nitrogens is 3. The van der Waals surface area contributed by atoms with Crippen molar-refractivity contribution in [3.63, 3.8) is 0 Å². The number of carbonyl (C=O) groups is 1. The third kappa shape index (κ3) is 4.14. The van der Waals surface area contributed by atoms with E-state index in [4.69, 9.17) is 5.73 Å². The third-order valence-electron chi connectivity index (χ3n) is 2.69. The zero-order valence-electron chi connectivity index (χ0n) is 10.7. The number of nitrogens with zero attached hydrogens (tertiary/aromatic N) is 3.